The summed E-state index contributed by atoms with van der Waals surface area (Å²) in [5.74, 6) is 5.32. The van der Waals surface area contributed by atoms with Gasteiger partial charge in [-0.1, -0.05) is 6.92 Å². The molecular weight excluding hydrogens is 324 g/mol. The van der Waals surface area contributed by atoms with Crippen LogP contribution >= 0.6 is 0 Å². The third-order valence-electron chi connectivity index (χ3n) is 7.01. The predicted molar refractivity (Wildman–Crippen MR) is 104 cm³/mol. The van der Waals surface area contributed by atoms with E-state index in [1.807, 2.05) is 0 Å². The number of nitrogen functional groups attached to an aromatic ring is 1. The molecule has 6 nitrogen and oxygen atoms in total. The van der Waals surface area contributed by atoms with Crippen LogP contribution in [0.4, 0.5) is 17.8 Å². The fraction of sp³-hybridized carbons (Fsp3) is 0.850. The first-order valence-corrected chi connectivity index (χ1v) is 10.7. The summed E-state index contributed by atoms with van der Waals surface area (Å²) in [5, 5.41) is 3.76. The number of aromatic nitrogens is 3. The van der Waals surface area contributed by atoms with E-state index in [-0.39, 0.29) is 5.54 Å². The first-order valence-electron chi connectivity index (χ1n) is 10.7. The molecule has 0 aliphatic heterocycles. The van der Waals surface area contributed by atoms with Gasteiger partial charge in [0.2, 0.25) is 17.8 Å². The highest BCUT2D eigenvalue weighted by atomic mass is 15.3. The lowest BCUT2D eigenvalue weighted by Gasteiger charge is -2.56. The molecular formula is C20H32N6. The molecule has 1 heterocycles. The Morgan fingerprint density at radius 2 is 1.69 bits per heavy atom. The van der Waals surface area contributed by atoms with Gasteiger partial charge in [0.15, 0.2) is 0 Å². The molecule has 142 valence electrons. The molecule has 0 saturated heterocycles. The molecule has 3 N–H and O–H groups in total. The van der Waals surface area contributed by atoms with E-state index in [2.05, 4.69) is 27.1 Å². The monoisotopic (exact) mass is 356 g/mol. The second-order valence-electron chi connectivity index (χ2n) is 9.53. The first-order chi connectivity index (χ1) is 12.6. The minimum absolute atomic E-state index is 0.200. The van der Waals surface area contributed by atoms with Crippen molar-refractivity contribution in [3.63, 3.8) is 0 Å². The lowest BCUT2D eigenvalue weighted by atomic mass is 9.53. The molecule has 26 heavy (non-hydrogen) atoms. The van der Waals surface area contributed by atoms with Crippen LogP contribution in [0.3, 0.4) is 0 Å². The summed E-state index contributed by atoms with van der Waals surface area (Å²) in [6.07, 6.45) is 11.9. The summed E-state index contributed by atoms with van der Waals surface area (Å²) < 4.78 is 0. The van der Waals surface area contributed by atoms with Crippen molar-refractivity contribution >= 4 is 17.8 Å². The standard InChI is InChI=1S/C20H32N6/c1-2-5-26(12-13-3-4-13)19-23-17(21)22-18(24-19)25-20-9-14-6-15(10-20)8-16(7-14)11-20/h13-16H,2-12H2,1H3,(H3,21,22,23,24,25). The topological polar surface area (TPSA) is 80.0 Å². The molecule has 0 unspecified atom stereocenters. The second-order valence-corrected chi connectivity index (χ2v) is 9.53. The van der Waals surface area contributed by atoms with Gasteiger partial charge in [-0.25, -0.2) is 0 Å². The van der Waals surface area contributed by atoms with Gasteiger partial charge in [0.25, 0.3) is 0 Å². The Kier molecular flexibility index (Phi) is 3.98. The van der Waals surface area contributed by atoms with Gasteiger partial charge in [0.1, 0.15) is 0 Å². The van der Waals surface area contributed by atoms with Crippen LogP contribution in [0.1, 0.15) is 64.7 Å². The van der Waals surface area contributed by atoms with Gasteiger partial charge in [-0.15, -0.1) is 0 Å². The molecule has 0 amide bonds. The summed E-state index contributed by atoms with van der Waals surface area (Å²) in [5.41, 5.74) is 6.28. The van der Waals surface area contributed by atoms with E-state index in [0.29, 0.717) is 11.9 Å². The molecule has 5 fully saturated rings. The first kappa shape index (κ1) is 16.6. The smallest absolute Gasteiger partial charge is 0.231 e. The number of nitrogens with two attached hydrogens (primary N) is 1. The molecule has 0 spiro atoms. The zero-order valence-corrected chi connectivity index (χ0v) is 16.0. The van der Waals surface area contributed by atoms with Gasteiger partial charge in [0, 0.05) is 18.6 Å². The van der Waals surface area contributed by atoms with E-state index in [9.17, 15) is 0 Å². The number of nitrogens with zero attached hydrogens (tertiary/aromatic N) is 4. The molecule has 0 radical (unpaired) electrons. The van der Waals surface area contributed by atoms with Gasteiger partial charge in [-0.2, -0.15) is 15.0 Å². The van der Waals surface area contributed by atoms with E-state index in [1.165, 1.54) is 51.4 Å². The summed E-state index contributed by atoms with van der Waals surface area (Å²) in [7, 11) is 0. The zero-order valence-electron chi connectivity index (χ0n) is 16.0. The highest BCUT2D eigenvalue weighted by Gasteiger charge is 2.51. The highest BCUT2D eigenvalue weighted by Crippen LogP contribution is 2.56. The van der Waals surface area contributed by atoms with Gasteiger partial charge in [-0.3, -0.25) is 0 Å². The van der Waals surface area contributed by atoms with Gasteiger partial charge in [0.05, 0.1) is 0 Å². The quantitative estimate of drug-likeness (QED) is 0.779. The third kappa shape index (κ3) is 3.23. The lowest BCUT2D eigenvalue weighted by molar-refractivity contribution is 0.0103. The minimum atomic E-state index is 0.200. The van der Waals surface area contributed by atoms with E-state index in [4.69, 9.17) is 10.7 Å². The molecule has 5 saturated carbocycles. The normalized spacial score (nSPS) is 34.9. The summed E-state index contributed by atoms with van der Waals surface area (Å²) in [4.78, 5) is 16.1. The van der Waals surface area contributed by atoms with Crippen LogP contribution in [0, 0.1) is 23.7 Å². The largest absolute Gasteiger partial charge is 0.368 e. The number of nitrogens with one attached hydrogen (secondary N) is 1. The Morgan fingerprint density at radius 1 is 1.04 bits per heavy atom. The van der Waals surface area contributed by atoms with Crippen LogP contribution in [-0.4, -0.2) is 33.6 Å². The Bertz CT molecular complexity index is 635. The Morgan fingerprint density at radius 3 is 2.27 bits per heavy atom. The predicted octanol–water partition coefficient (Wildman–Crippen LogP) is 3.46. The van der Waals surface area contributed by atoms with E-state index in [0.717, 1.165) is 49.1 Å². The van der Waals surface area contributed by atoms with Crippen LogP contribution in [0.15, 0.2) is 0 Å². The maximum atomic E-state index is 6.08. The average Bonchev–Trinajstić information content (AvgIpc) is 3.36. The average molecular weight is 357 g/mol. The van der Waals surface area contributed by atoms with Crippen LogP contribution < -0.4 is 16.0 Å². The number of hydrogen-bond donors (Lipinski definition) is 2. The van der Waals surface area contributed by atoms with Crippen LogP contribution in [-0.2, 0) is 0 Å². The third-order valence-corrected chi connectivity index (χ3v) is 7.01. The van der Waals surface area contributed by atoms with Crippen molar-refractivity contribution < 1.29 is 0 Å². The Hall–Kier alpha value is -1.59. The zero-order chi connectivity index (χ0) is 17.7. The molecule has 6 rings (SSSR count). The maximum Gasteiger partial charge on any atom is 0.231 e. The summed E-state index contributed by atoms with van der Waals surface area (Å²) in [6, 6.07) is 0. The molecule has 6 heteroatoms. The van der Waals surface area contributed by atoms with Crippen molar-refractivity contribution in [2.75, 3.05) is 29.0 Å². The fourth-order valence-corrected chi connectivity index (χ4v) is 6.23. The summed E-state index contributed by atoms with van der Waals surface area (Å²) >= 11 is 0. The van der Waals surface area contributed by atoms with Crippen LogP contribution in [0.25, 0.3) is 0 Å². The lowest BCUT2D eigenvalue weighted by Crippen LogP contribution is -2.55. The van der Waals surface area contributed by atoms with E-state index < -0.39 is 0 Å². The fourth-order valence-electron chi connectivity index (χ4n) is 6.23. The van der Waals surface area contributed by atoms with E-state index >= 15 is 0 Å². The molecule has 4 bridgehead atoms. The SMILES string of the molecule is CCCN(CC1CC1)c1nc(N)nc(NC23CC4CC(CC(C4)C2)C3)n1. The van der Waals surface area contributed by atoms with Crippen molar-refractivity contribution in [1.82, 2.24) is 15.0 Å². The van der Waals surface area contributed by atoms with E-state index in [1.54, 1.807) is 0 Å². The molecule has 5 aliphatic carbocycles. The Balaban J connectivity index is 1.38. The molecule has 0 atom stereocenters. The molecule has 0 aromatic carbocycles. The number of rotatable bonds is 7. The maximum absolute atomic E-state index is 6.08. The second kappa shape index (κ2) is 6.24. The van der Waals surface area contributed by atoms with Crippen LogP contribution in [0.2, 0.25) is 0 Å². The number of anilines is 3. The summed E-state index contributed by atoms with van der Waals surface area (Å²) in [6.45, 7) is 4.24. The molecule has 1 aromatic rings. The van der Waals surface area contributed by atoms with Gasteiger partial charge in [-0.05, 0) is 81.5 Å². The van der Waals surface area contributed by atoms with Crippen molar-refractivity contribution in [3.05, 3.63) is 0 Å². The minimum Gasteiger partial charge on any atom is -0.368 e. The van der Waals surface area contributed by atoms with Crippen molar-refractivity contribution in [2.24, 2.45) is 23.7 Å². The van der Waals surface area contributed by atoms with Crippen molar-refractivity contribution in [3.8, 4) is 0 Å². The van der Waals surface area contributed by atoms with Gasteiger partial charge < -0.3 is 16.0 Å². The number of hydrogen-bond acceptors (Lipinski definition) is 6. The highest BCUT2D eigenvalue weighted by molar-refractivity contribution is 5.44. The molecule has 5 aliphatic rings. The van der Waals surface area contributed by atoms with Crippen molar-refractivity contribution in [2.45, 2.75) is 70.3 Å². The molecule has 1 aromatic heterocycles. The Labute approximate surface area is 156 Å². The van der Waals surface area contributed by atoms with Gasteiger partial charge >= 0.3 is 0 Å². The van der Waals surface area contributed by atoms with Crippen molar-refractivity contribution in [1.29, 1.82) is 0 Å². The van der Waals surface area contributed by atoms with Crippen LogP contribution in [0.5, 0.6) is 0 Å².